The summed E-state index contributed by atoms with van der Waals surface area (Å²) >= 11 is 3.32. The minimum absolute atomic E-state index is 0.0393. The number of anilines is 1. The third-order valence-electron chi connectivity index (χ3n) is 2.81. The Kier molecular flexibility index (Phi) is 4.59. The number of carbonyl (C=O) groups is 2. The van der Waals surface area contributed by atoms with Crippen LogP contribution in [0.5, 0.6) is 5.75 Å². The number of methoxy groups -OCH3 is 1. The van der Waals surface area contributed by atoms with E-state index in [-0.39, 0.29) is 11.1 Å². The largest absolute Gasteiger partial charge is 0.496 e. The van der Waals surface area contributed by atoms with Gasteiger partial charge in [0.15, 0.2) is 0 Å². The van der Waals surface area contributed by atoms with Crippen LogP contribution in [0.15, 0.2) is 46.9 Å². The van der Waals surface area contributed by atoms with Gasteiger partial charge in [-0.3, -0.25) is 4.79 Å². The minimum Gasteiger partial charge on any atom is -0.496 e. The van der Waals surface area contributed by atoms with Crippen LogP contribution in [0.25, 0.3) is 0 Å². The Balaban J connectivity index is 2.26. The number of nitrogens with one attached hydrogen (secondary N) is 1. The maximum absolute atomic E-state index is 12.2. The van der Waals surface area contributed by atoms with E-state index < -0.39 is 11.9 Å². The van der Waals surface area contributed by atoms with E-state index in [1.54, 1.807) is 37.4 Å². The summed E-state index contributed by atoms with van der Waals surface area (Å²) in [5.74, 6) is -0.985. The van der Waals surface area contributed by atoms with Crippen LogP contribution >= 0.6 is 15.9 Å². The molecule has 2 rings (SSSR count). The predicted octanol–water partition coefficient (Wildman–Crippen LogP) is 3.41. The van der Waals surface area contributed by atoms with Crippen molar-refractivity contribution in [3.05, 3.63) is 58.1 Å². The van der Waals surface area contributed by atoms with Crippen LogP contribution in [0, 0.1) is 0 Å². The van der Waals surface area contributed by atoms with Gasteiger partial charge in [0.2, 0.25) is 0 Å². The highest BCUT2D eigenvalue weighted by molar-refractivity contribution is 9.10. The fourth-order valence-electron chi connectivity index (χ4n) is 1.81. The number of carboxylic acid groups (broad SMARTS) is 1. The van der Waals surface area contributed by atoms with Gasteiger partial charge in [0.1, 0.15) is 5.75 Å². The van der Waals surface area contributed by atoms with Gasteiger partial charge in [-0.1, -0.05) is 12.1 Å². The van der Waals surface area contributed by atoms with Crippen LogP contribution < -0.4 is 10.1 Å². The van der Waals surface area contributed by atoms with Crippen molar-refractivity contribution in [1.82, 2.24) is 0 Å². The summed E-state index contributed by atoms with van der Waals surface area (Å²) in [6.07, 6.45) is 0. The van der Waals surface area contributed by atoms with Gasteiger partial charge in [-0.15, -0.1) is 0 Å². The fraction of sp³-hybridized carbons (Fsp3) is 0.0667. The predicted molar refractivity (Wildman–Crippen MR) is 82.0 cm³/mol. The van der Waals surface area contributed by atoms with Gasteiger partial charge in [0.05, 0.1) is 22.7 Å². The van der Waals surface area contributed by atoms with Gasteiger partial charge in [0, 0.05) is 5.69 Å². The van der Waals surface area contributed by atoms with Crippen LogP contribution in [-0.4, -0.2) is 24.1 Å². The molecule has 0 spiro atoms. The van der Waals surface area contributed by atoms with Crippen molar-refractivity contribution in [2.24, 2.45) is 0 Å². The van der Waals surface area contributed by atoms with E-state index in [2.05, 4.69) is 21.2 Å². The van der Waals surface area contributed by atoms with Crippen molar-refractivity contribution in [3.8, 4) is 5.75 Å². The summed E-state index contributed by atoms with van der Waals surface area (Å²) in [6.45, 7) is 0. The molecule has 108 valence electrons. The lowest BCUT2D eigenvalue weighted by Crippen LogP contribution is -2.16. The second kappa shape index (κ2) is 6.41. The molecule has 2 aromatic rings. The van der Waals surface area contributed by atoms with Crippen molar-refractivity contribution in [1.29, 1.82) is 0 Å². The number of rotatable bonds is 4. The van der Waals surface area contributed by atoms with E-state index in [0.29, 0.717) is 15.9 Å². The summed E-state index contributed by atoms with van der Waals surface area (Å²) in [5.41, 5.74) is 0.604. The van der Waals surface area contributed by atoms with Crippen molar-refractivity contribution in [3.63, 3.8) is 0 Å². The van der Waals surface area contributed by atoms with Crippen molar-refractivity contribution < 1.29 is 19.4 Å². The molecule has 2 aromatic carbocycles. The molecule has 0 unspecified atom stereocenters. The highest BCUT2D eigenvalue weighted by Gasteiger charge is 2.16. The third kappa shape index (κ3) is 3.41. The summed E-state index contributed by atoms with van der Waals surface area (Å²) in [4.78, 5) is 23.3. The molecule has 2 N–H and O–H groups in total. The van der Waals surface area contributed by atoms with E-state index >= 15 is 0 Å². The van der Waals surface area contributed by atoms with Crippen LogP contribution in [-0.2, 0) is 0 Å². The first-order chi connectivity index (χ1) is 10.0. The average molecular weight is 350 g/mol. The number of hydrogen-bond acceptors (Lipinski definition) is 3. The fourth-order valence-corrected chi connectivity index (χ4v) is 2.35. The lowest BCUT2D eigenvalue weighted by atomic mass is 10.1. The van der Waals surface area contributed by atoms with E-state index in [9.17, 15) is 9.59 Å². The molecule has 0 bridgehead atoms. The SMILES string of the molecule is COc1ccc(NC(=O)c2ccccc2C(=O)O)cc1Br. The monoisotopic (exact) mass is 349 g/mol. The number of hydrogen-bond donors (Lipinski definition) is 2. The highest BCUT2D eigenvalue weighted by atomic mass is 79.9. The maximum Gasteiger partial charge on any atom is 0.336 e. The second-order valence-corrected chi connectivity index (χ2v) is 5.01. The Bertz CT molecular complexity index is 700. The lowest BCUT2D eigenvalue weighted by molar-refractivity contribution is 0.0692. The van der Waals surface area contributed by atoms with E-state index in [1.165, 1.54) is 12.1 Å². The third-order valence-corrected chi connectivity index (χ3v) is 3.43. The summed E-state index contributed by atoms with van der Waals surface area (Å²) < 4.78 is 5.79. The van der Waals surface area contributed by atoms with E-state index in [0.717, 1.165) is 0 Å². The first kappa shape index (κ1) is 15.1. The van der Waals surface area contributed by atoms with E-state index in [4.69, 9.17) is 9.84 Å². The minimum atomic E-state index is -1.14. The quantitative estimate of drug-likeness (QED) is 0.886. The number of amides is 1. The Morgan fingerprint density at radius 2 is 1.81 bits per heavy atom. The zero-order valence-electron chi connectivity index (χ0n) is 11.1. The molecule has 5 nitrogen and oxygen atoms in total. The first-order valence-corrected chi connectivity index (χ1v) is 6.79. The number of benzene rings is 2. The smallest absolute Gasteiger partial charge is 0.336 e. The highest BCUT2D eigenvalue weighted by Crippen LogP contribution is 2.28. The molecule has 0 saturated carbocycles. The molecular formula is C15H12BrNO4. The normalized spacial score (nSPS) is 10.0. The second-order valence-electron chi connectivity index (χ2n) is 4.15. The standard InChI is InChI=1S/C15H12BrNO4/c1-21-13-7-6-9(8-12(13)16)17-14(18)10-4-2-3-5-11(10)15(19)20/h2-8H,1H3,(H,17,18)(H,19,20). The van der Waals surface area contributed by atoms with Gasteiger partial charge in [-0.25, -0.2) is 4.79 Å². The molecule has 6 heteroatoms. The molecule has 21 heavy (non-hydrogen) atoms. The Labute approximate surface area is 129 Å². The number of halogens is 1. The Morgan fingerprint density at radius 3 is 2.38 bits per heavy atom. The molecule has 1 amide bonds. The van der Waals surface area contributed by atoms with E-state index in [1.807, 2.05) is 0 Å². The Hall–Kier alpha value is -2.34. The molecule has 0 aromatic heterocycles. The average Bonchev–Trinajstić information content (AvgIpc) is 2.47. The molecule has 0 aliphatic rings. The lowest BCUT2D eigenvalue weighted by Gasteiger charge is -2.09. The summed E-state index contributed by atoms with van der Waals surface area (Å²) in [5, 5.41) is 11.7. The zero-order valence-corrected chi connectivity index (χ0v) is 12.7. The summed E-state index contributed by atoms with van der Waals surface area (Å²) in [7, 11) is 1.54. The van der Waals surface area contributed by atoms with Crippen molar-refractivity contribution in [2.75, 3.05) is 12.4 Å². The zero-order chi connectivity index (χ0) is 15.4. The molecular weight excluding hydrogens is 338 g/mol. The van der Waals surface area contributed by atoms with Crippen LogP contribution in [0.2, 0.25) is 0 Å². The molecule has 0 saturated heterocycles. The first-order valence-electron chi connectivity index (χ1n) is 6.00. The molecule has 0 aliphatic carbocycles. The maximum atomic E-state index is 12.2. The topological polar surface area (TPSA) is 75.6 Å². The van der Waals surface area contributed by atoms with Gasteiger partial charge < -0.3 is 15.2 Å². The van der Waals surface area contributed by atoms with Gasteiger partial charge in [-0.05, 0) is 46.3 Å². The van der Waals surface area contributed by atoms with Crippen molar-refractivity contribution >= 4 is 33.5 Å². The van der Waals surface area contributed by atoms with Crippen LogP contribution in [0.1, 0.15) is 20.7 Å². The molecule has 0 fully saturated rings. The van der Waals surface area contributed by atoms with Gasteiger partial charge >= 0.3 is 5.97 Å². The number of aromatic carboxylic acids is 1. The molecule has 0 heterocycles. The number of carboxylic acids is 1. The van der Waals surface area contributed by atoms with Gasteiger partial charge in [0.25, 0.3) is 5.91 Å². The molecule has 0 radical (unpaired) electrons. The van der Waals surface area contributed by atoms with Gasteiger partial charge in [-0.2, -0.15) is 0 Å². The van der Waals surface area contributed by atoms with Crippen LogP contribution in [0.3, 0.4) is 0 Å². The number of carbonyl (C=O) groups excluding carboxylic acids is 1. The molecule has 0 aliphatic heterocycles. The summed E-state index contributed by atoms with van der Waals surface area (Å²) in [6, 6.07) is 11.1. The Morgan fingerprint density at radius 1 is 1.14 bits per heavy atom. The molecule has 0 atom stereocenters. The van der Waals surface area contributed by atoms with Crippen LogP contribution in [0.4, 0.5) is 5.69 Å². The van der Waals surface area contributed by atoms with Crippen molar-refractivity contribution in [2.45, 2.75) is 0 Å². The number of ether oxygens (including phenoxy) is 1.